The summed E-state index contributed by atoms with van der Waals surface area (Å²) in [5, 5.41) is 24.1. The number of aliphatic hydroxyl groups excluding tert-OH is 1. The van der Waals surface area contributed by atoms with Gasteiger partial charge in [-0.2, -0.15) is 5.10 Å². The topological polar surface area (TPSA) is 106 Å². The first-order chi connectivity index (χ1) is 14.3. The predicted octanol–water partition coefficient (Wildman–Crippen LogP) is 1.80. The summed E-state index contributed by atoms with van der Waals surface area (Å²) in [6.07, 6.45) is 1.01. The molecule has 1 unspecified atom stereocenters. The minimum atomic E-state index is -0.931. The van der Waals surface area contributed by atoms with Crippen LogP contribution in [0.4, 0.5) is 4.39 Å². The van der Waals surface area contributed by atoms with Gasteiger partial charge < -0.3 is 19.9 Å². The maximum atomic E-state index is 13.4. The number of aromatic nitrogens is 2. The van der Waals surface area contributed by atoms with Crippen LogP contribution in [0.15, 0.2) is 30.3 Å². The summed E-state index contributed by atoms with van der Waals surface area (Å²) < 4.78 is 23.8. The highest BCUT2D eigenvalue weighted by molar-refractivity contribution is 6.30. The standard InChI is InChI=1S/C20H22ClFN4O4/c1-29-17-5-2-12(25-26-17)7-23-18(28)19-9-20(10-19,11-19)24-16(27)8-30-13-3-4-14(21)15(22)6-13/h2-6,16,24,27H,7-11H2,1H3,(H,23,28). The number of carbonyl (C=O) groups is 1. The van der Waals surface area contributed by atoms with Crippen LogP contribution in [0, 0.1) is 11.2 Å². The molecule has 160 valence electrons. The fraction of sp³-hybridized carbons (Fsp3) is 0.450. The Hall–Kier alpha value is -2.49. The van der Waals surface area contributed by atoms with Crippen LogP contribution < -0.4 is 20.1 Å². The third-order valence-electron chi connectivity index (χ3n) is 5.62. The Kier molecular flexibility index (Phi) is 5.52. The van der Waals surface area contributed by atoms with Crippen molar-refractivity contribution in [2.24, 2.45) is 5.41 Å². The van der Waals surface area contributed by atoms with Crippen LogP contribution in [-0.2, 0) is 11.3 Å². The second-order valence-corrected chi connectivity index (χ2v) is 8.29. The van der Waals surface area contributed by atoms with Crippen LogP contribution in [0.1, 0.15) is 25.0 Å². The summed E-state index contributed by atoms with van der Waals surface area (Å²) in [6.45, 7) is 0.254. The molecule has 10 heteroatoms. The van der Waals surface area contributed by atoms with E-state index in [2.05, 4.69) is 20.8 Å². The van der Waals surface area contributed by atoms with E-state index >= 15 is 0 Å². The highest BCUT2D eigenvalue weighted by Crippen LogP contribution is 2.67. The lowest BCUT2D eigenvalue weighted by atomic mass is 9.39. The maximum Gasteiger partial charge on any atom is 0.233 e. The zero-order chi connectivity index (χ0) is 21.4. The van der Waals surface area contributed by atoms with Gasteiger partial charge in [-0.15, -0.1) is 5.10 Å². The van der Waals surface area contributed by atoms with Crippen molar-refractivity contribution >= 4 is 17.5 Å². The van der Waals surface area contributed by atoms with E-state index in [9.17, 15) is 14.3 Å². The van der Waals surface area contributed by atoms with Crippen LogP contribution in [-0.4, -0.2) is 46.7 Å². The number of methoxy groups -OCH3 is 1. The smallest absolute Gasteiger partial charge is 0.233 e. The lowest BCUT2D eigenvalue weighted by Crippen LogP contribution is -2.79. The van der Waals surface area contributed by atoms with Gasteiger partial charge in [-0.1, -0.05) is 11.6 Å². The molecule has 5 rings (SSSR count). The van der Waals surface area contributed by atoms with Crippen LogP contribution in [0.3, 0.4) is 0 Å². The van der Waals surface area contributed by atoms with Crippen molar-refractivity contribution in [1.29, 1.82) is 0 Å². The Bertz CT molecular complexity index is 923. The van der Waals surface area contributed by atoms with Crippen molar-refractivity contribution < 1.29 is 23.8 Å². The fourth-order valence-electron chi connectivity index (χ4n) is 4.23. The Morgan fingerprint density at radius 3 is 2.70 bits per heavy atom. The molecule has 0 aliphatic heterocycles. The summed E-state index contributed by atoms with van der Waals surface area (Å²) in [4.78, 5) is 12.5. The normalized spacial score (nSPS) is 24.9. The SMILES string of the molecule is COc1ccc(CNC(=O)C23CC(NC(O)COc4ccc(Cl)c(F)c4)(C2)C3)nn1. The van der Waals surface area contributed by atoms with Crippen LogP contribution in [0.2, 0.25) is 5.02 Å². The zero-order valence-electron chi connectivity index (χ0n) is 16.3. The van der Waals surface area contributed by atoms with Crippen molar-refractivity contribution in [2.45, 2.75) is 37.6 Å². The summed E-state index contributed by atoms with van der Waals surface area (Å²) in [7, 11) is 1.51. The monoisotopic (exact) mass is 436 g/mol. The average Bonchev–Trinajstić information content (AvgIpc) is 2.69. The molecule has 1 atom stereocenters. The number of ether oxygens (including phenoxy) is 2. The van der Waals surface area contributed by atoms with E-state index in [4.69, 9.17) is 21.1 Å². The summed E-state index contributed by atoms with van der Waals surface area (Å²) >= 11 is 5.63. The number of nitrogens with one attached hydrogen (secondary N) is 2. The Balaban J connectivity index is 1.20. The second-order valence-electron chi connectivity index (χ2n) is 7.89. The minimum Gasteiger partial charge on any atom is -0.489 e. The lowest BCUT2D eigenvalue weighted by molar-refractivity contribution is -0.190. The van der Waals surface area contributed by atoms with Gasteiger partial charge in [0.15, 0.2) is 0 Å². The zero-order valence-corrected chi connectivity index (χ0v) is 17.1. The van der Waals surface area contributed by atoms with E-state index in [1.54, 1.807) is 12.1 Å². The summed E-state index contributed by atoms with van der Waals surface area (Å²) in [5.41, 5.74) is -0.00674. The van der Waals surface area contributed by atoms with E-state index < -0.39 is 17.5 Å². The molecule has 2 aromatic rings. The van der Waals surface area contributed by atoms with E-state index in [0.29, 0.717) is 37.4 Å². The minimum absolute atomic E-state index is 0.0116. The molecule has 30 heavy (non-hydrogen) atoms. The van der Waals surface area contributed by atoms with Crippen LogP contribution in [0.25, 0.3) is 0 Å². The molecule has 8 nitrogen and oxygen atoms in total. The number of halogens is 2. The third-order valence-corrected chi connectivity index (χ3v) is 5.92. The molecule has 3 aliphatic carbocycles. The van der Waals surface area contributed by atoms with Crippen molar-refractivity contribution in [3.63, 3.8) is 0 Å². The number of nitrogens with zero attached hydrogens (tertiary/aromatic N) is 2. The van der Waals surface area contributed by atoms with Gasteiger partial charge in [-0.25, -0.2) is 4.39 Å². The van der Waals surface area contributed by atoms with Gasteiger partial charge in [-0.3, -0.25) is 10.1 Å². The van der Waals surface area contributed by atoms with E-state index in [1.807, 2.05) is 0 Å². The number of benzene rings is 1. The van der Waals surface area contributed by atoms with Gasteiger partial charge in [-0.05, 0) is 37.5 Å². The molecule has 1 aromatic heterocycles. The van der Waals surface area contributed by atoms with E-state index in [0.717, 1.165) is 0 Å². The second kappa shape index (κ2) is 7.98. The van der Waals surface area contributed by atoms with E-state index in [1.165, 1.54) is 25.3 Å². The highest BCUT2D eigenvalue weighted by Gasteiger charge is 2.71. The molecule has 0 radical (unpaired) electrons. The Morgan fingerprint density at radius 2 is 2.07 bits per heavy atom. The largest absolute Gasteiger partial charge is 0.489 e. The highest BCUT2D eigenvalue weighted by atomic mass is 35.5. The number of amides is 1. The molecular formula is C20H22ClFN4O4. The molecule has 0 saturated heterocycles. The Labute approximate surface area is 177 Å². The summed E-state index contributed by atoms with van der Waals surface area (Å²) in [5.74, 6) is 0.102. The summed E-state index contributed by atoms with van der Waals surface area (Å²) in [6, 6.07) is 7.54. The number of hydrogen-bond acceptors (Lipinski definition) is 7. The lowest BCUT2D eigenvalue weighted by Gasteiger charge is -2.69. The predicted molar refractivity (Wildman–Crippen MR) is 105 cm³/mol. The number of rotatable bonds is 9. The van der Waals surface area contributed by atoms with Crippen molar-refractivity contribution in [1.82, 2.24) is 20.8 Å². The molecule has 1 heterocycles. The van der Waals surface area contributed by atoms with Gasteiger partial charge >= 0.3 is 0 Å². The molecule has 3 saturated carbocycles. The van der Waals surface area contributed by atoms with Gasteiger partial charge in [0.05, 0.1) is 29.8 Å². The molecule has 3 N–H and O–H groups in total. The van der Waals surface area contributed by atoms with Gasteiger partial charge in [0, 0.05) is 17.7 Å². The first-order valence-electron chi connectivity index (χ1n) is 9.52. The van der Waals surface area contributed by atoms with Crippen molar-refractivity contribution in [3.05, 3.63) is 46.9 Å². The van der Waals surface area contributed by atoms with Crippen LogP contribution >= 0.6 is 11.6 Å². The first-order valence-corrected chi connectivity index (χ1v) is 9.89. The molecule has 3 fully saturated rings. The fourth-order valence-corrected chi connectivity index (χ4v) is 4.35. The van der Waals surface area contributed by atoms with Crippen LogP contribution in [0.5, 0.6) is 11.6 Å². The molecular weight excluding hydrogens is 415 g/mol. The Morgan fingerprint density at radius 1 is 1.30 bits per heavy atom. The average molecular weight is 437 g/mol. The molecule has 1 amide bonds. The van der Waals surface area contributed by atoms with Gasteiger partial charge in [0.25, 0.3) is 0 Å². The van der Waals surface area contributed by atoms with Gasteiger partial charge in [0.1, 0.15) is 24.4 Å². The van der Waals surface area contributed by atoms with E-state index in [-0.39, 0.29) is 28.8 Å². The number of hydrogen-bond donors (Lipinski definition) is 3. The number of aliphatic hydroxyl groups is 1. The third kappa shape index (κ3) is 4.05. The maximum absolute atomic E-state index is 13.4. The van der Waals surface area contributed by atoms with Crippen molar-refractivity contribution in [2.75, 3.05) is 13.7 Å². The molecule has 2 bridgehead atoms. The van der Waals surface area contributed by atoms with Crippen molar-refractivity contribution in [3.8, 4) is 11.6 Å². The molecule has 1 aromatic carbocycles. The van der Waals surface area contributed by atoms with Gasteiger partial charge in [0.2, 0.25) is 11.8 Å². The first kappa shape index (κ1) is 20.8. The number of carbonyl (C=O) groups excluding carboxylic acids is 1. The quantitative estimate of drug-likeness (QED) is 0.515. The molecule has 0 spiro atoms. The molecule has 3 aliphatic rings.